The number of nitrogens with one attached hydrogen (secondary N) is 1. The lowest BCUT2D eigenvalue weighted by molar-refractivity contribution is -0.0952. The quantitative estimate of drug-likeness (QED) is 0.127. The molecule has 0 spiro atoms. The third-order valence-electron chi connectivity index (χ3n) is 7.85. The number of nitrogens with zero attached hydrogens (tertiary/aromatic N) is 6. The maximum atomic E-state index is 12.7. The fraction of sp³-hybridized carbons (Fsp3) is 0.303. The molecule has 1 aliphatic heterocycles. The zero-order valence-electron chi connectivity index (χ0n) is 25.9. The fourth-order valence-electron chi connectivity index (χ4n) is 5.55. The van der Waals surface area contributed by atoms with Crippen LogP contribution in [-0.2, 0) is 15.1 Å². The van der Waals surface area contributed by atoms with Gasteiger partial charge in [0, 0.05) is 20.5 Å². The summed E-state index contributed by atoms with van der Waals surface area (Å²) in [6.45, 7) is 0.0175. The van der Waals surface area contributed by atoms with Crippen molar-refractivity contribution < 1.29 is 24.1 Å². The molecule has 3 heterocycles. The summed E-state index contributed by atoms with van der Waals surface area (Å²) in [5.74, 6) is 1.52. The summed E-state index contributed by atoms with van der Waals surface area (Å²) in [5.41, 5.74) is 1.26. The van der Waals surface area contributed by atoms with Crippen molar-refractivity contribution in [3.05, 3.63) is 106 Å². The van der Waals surface area contributed by atoms with Crippen molar-refractivity contribution in [2.24, 2.45) is 4.99 Å². The van der Waals surface area contributed by atoms with E-state index in [0.29, 0.717) is 11.5 Å². The van der Waals surface area contributed by atoms with Crippen LogP contribution in [0.1, 0.15) is 29.3 Å². The van der Waals surface area contributed by atoms with Crippen LogP contribution < -0.4 is 15.0 Å². The summed E-state index contributed by atoms with van der Waals surface area (Å²) in [5, 5.41) is 19.4. The van der Waals surface area contributed by atoms with Gasteiger partial charge in [0.2, 0.25) is 5.95 Å². The molecule has 0 amide bonds. The number of rotatable bonds is 11. The van der Waals surface area contributed by atoms with Crippen molar-refractivity contribution >= 4 is 23.5 Å². The van der Waals surface area contributed by atoms with Crippen molar-refractivity contribution in [1.82, 2.24) is 29.9 Å². The van der Waals surface area contributed by atoms with Gasteiger partial charge >= 0.3 is 0 Å². The number of fused-ring (bicyclic) bond motifs is 1. The van der Waals surface area contributed by atoms with Gasteiger partial charge in [-0.3, -0.25) is 9.78 Å². The van der Waals surface area contributed by atoms with Crippen LogP contribution in [0.3, 0.4) is 0 Å². The Balaban J connectivity index is 1.35. The fourth-order valence-corrected chi connectivity index (χ4v) is 5.55. The van der Waals surface area contributed by atoms with E-state index in [1.54, 1.807) is 33.2 Å². The van der Waals surface area contributed by atoms with Gasteiger partial charge in [-0.2, -0.15) is 9.67 Å². The molecule has 5 aromatic rings. The Morgan fingerprint density at radius 1 is 1.00 bits per heavy atom. The van der Waals surface area contributed by atoms with E-state index < -0.39 is 29.6 Å². The molecule has 1 saturated heterocycles. The molecule has 238 valence electrons. The van der Waals surface area contributed by atoms with Crippen LogP contribution in [0.2, 0.25) is 0 Å². The van der Waals surface area contributed by atoms with Gasteiger partial charge < -0.3 is 29.0 Å². The Hall–Kier alpha value is -5.11. The van der Waals surface area contributed by atoms with Crippen molar-refractivity contribution in [3.63, 3.8) is 0 Å². The Morgan fingerprint density at radius 2 is 1.61 bits per heavy atom. The molecule has 0 saturated carbocycles. The van der Waals surface area contributed by atoms with Gasteiger partial charge in [0.25, 0.3) is 5.56 Å². The smallest absolute Gasteiger partial charge is 0.282 e. The number of aromatic nitrogens is 5. The molecule has 3 aromatic carbocycles. The van der Waals surface area contributed by atoms with Crippen LogP contribution in [0.5, 0.6) is 11.5 Å². The maximum Gasteiger partial charge on any atom is 0.282 e. The second-order valence-corrected chi connectivity index (χ2v) is 11.1. The molecule has 3 atom stereocenters. The molecule has 0 bridgehead atoms. The highest BCUT2D eigenvalue weighted by Crippen LogP contribution is 2.42. The first-order valence-corrected chi connectivity index (χ1v) is 14.7. The standard InChI is InChI=1S/C33H35N7O6/c1-39(2)20-34-32-35-30-29(31(42)36-32)37-38-40(30)28-18-26(41)27(46-28)19-45-33(21-8-6-5-7-9-21,22-10-14-24(43-3)15-11-22)23-12-16-25(44-4)17-13-23/h5-17,20,26-28,41H,18-19H2,1-4H3,(H,35,36,42)/t26-,27+,28-/m0/s1. The summed E-state index contributed by atoms with van der Waals surface area (Å²) in [6.07, 6.45) is -0.691. The summed E-state index contributed by atoms with van der Waals surface area (Å²) >= 11 is 0. The van der Waals surface area contributed by atoms with Crippen LogP contribution in [0, 0.1) is 0 Å². The topological polar surface area (TPSA) is 149 Å². The first kappa shape index (κ1) is 30.9. The molecule has 13 nitrogen and oxygen atoms in total. The molecule has 2 aromatic heterocycles. The Labute approximate surface area is 265 Å². The van der Waals surface area contributed by atoms with Gasteiger partial charge in [0.15, 0.2) is 17.4 Å². The number of hydrogen-bond donors (Lipinski definition) is 2. The zero-order chi connectivity index (χ0) is 32.3. The largest absolute Gasteiger partial charge is 0.497 e. The van der Waals surface area contributed by atoms with Crippen molar-refractivity contribution in [2.45, 2.75) is 30.5 Å². The average molecular weight is 626 g/mol. The highest BCUT2D eigenvalue weighted by atomic mass is 16.6. The van der Waals surface area contributed by atoms with E-state index in [9.17, 15) is 9.90 Å². The molecule has 13 heteroatoms. The third-order valence-corrected chi connectivity index (χ3v) is 7.85. The number of aliphatic imine (C=N–C) groups is 1. The molecular weight excluding hydrogens is 590 g/mol. The number of aliphatic hydroxyl groups excluding tert-OH is 1. The molecule has 6 rings (SSSR count). The molecule has 0 radical (unpaired) electrons. The van der Waals surface area contributed by atoms with Gasteiger partial charge in [-0.15, -0.1) is 5.10 Å². The Bertz CT molecular complexity index is 1810. The first-order chi connectivity index (χ1) is 22.3. The van der Waals surface area contributed by atoms with Crippen LogP contribution in [-0.4, -0.2) is 88.4 Å². The van der Waals surface area contributed by atoms with E-state index in [1.807, 2.05) is 78.9 Å². The minimum Gasteiger partial charge on any atom is -0.497 e. The average Bonchev–Trinajstić information content (AvgIpc) is 3.68. The number of aromatic amines is 1. The minimum absolute atomic E-state index is 0.0175. The number of hydrogen-bond acceptors (Lipinski definition) is 10. The molecule has 1 fully saturated rings. The third kappa shape index (κ3) is 5.95. The van der Waals surface area contributed by atoms with Gasteiger partial charge in [-0.1, -0.05) is 59.8 Å². The summed E-state index contributed by atoms with van der Waals surface area (Å²) in [6, 6.07) is 25.3. The van der Waals surface area contributed by atoms with E-state index in [2.05, 4.69) is 25.3 Å². The van der Waals surface area contributed by atoms with Crippen molar-refractivity contribution in [1.29, 1.82) is 0 Å². The summed E-state index contributed by atoms with van der Waals surface area (Å²) in [7, 11) is 6.85. The van der Waals surface area contributed by atoms with Gasteiger partial charge in [-0.25, -0.2) is 4.99 Å². The zero-order valence-corrected chi connectivity index (χ0v) is 25.9. The molecular formula is C33H35N7O6. The predicted molar refractivity (Wildman–Crippen MR) is 171 cm³/mol. The molecule has 46 heavy (non-hydrogen) atoms. The second kappa shape index (κ2) is 13.1. The van der Waals surface area contributed by atoms with Gasteiger partial charge in [-0.05, 0) is 41.0 Å². The molecule has 0 unspecified atom stereocenters. The number of ether oxygens (including phenoxy) is 4. The van der Waals surface area contributed by atoms with E-state index in [-0.39, 0.29) is 30.1 Å². The lowest BCUT2D eigenvalue weighted by Gasteiger charge is -2.37. The summed E-state index contributed by atoms with van der Waals surface area (Å²) < 4.78 is 25.5. The van der Waals surface area contributed by atoms with E-state index >= 15 is 0 Å². The maximum absolute atomic E-state index is 12.7. The van der Waals surface area contributed by atoms with Gasteiger partial charge in [0.05, 0.1) is 33.3 Å². The highest BCUT2D eigenvalue weighted by molar-refractivity contribution is 5.70. The van der Waals surface area contributed by atoms with E-state index in [1.165, 1.54) is 11.0 Å². The van der Waals surface area contributed by atoms with Gasteiger partial charge in [0.1, 0.15) is 23.2 Å². The Morgan fingerprint density at radius 3 is 2.20 bits per heavy atom. The second-order valence-electron chi connectivity index (χ2n) is 11.1. The monoisotopic (exact) mass is 625 g/mol. The highest BCUT2D eigenvalue weighted by Gasteiger charge is 2.42. The minimum atomic E-state index is -1.09. The van der Waals surface area contributed by atoms with E-state index in [0.717, 1.165) is 16.7 Å². The molecule has 2 N–H and O–H groups in total. The van der Waals surface area contributed by atoms with E-state index in [4.69, 9.17) is 18.9 Å². The predicted octanol–water partition coefficient (Wildman–Crippen LogP) is 3.41. The first-order valence-electron chi connectivity index (χ1n) is 14.7. The molecule has 1 aliphatic rings. The van der Waals surface area contributed by atoms with Crippen molar-refractivity contribution in [2.75, 3.05) is 34.9 Å². The lowest BCUT2D eigenvalue weighted by atomic mass is 9.80. The normalized spacial score (nSPS) is 18.3. The number of aliphatic hydroxyl groups is 1. The number of methoxy groups -OCH3 is 2. The van der Waals surface area contributed by atoms with Crippen LogP contribution in [0.15, 0.2) is 88.6 Å². The molecule has 0 aliphatic carbocycles. The lowest BCUT2D eigenvalue weighted by Crippen LogP contribution is -2.38. The number of H-pyrrole nitrogens is 1. The van der Waals surface area contributed by atoms with Crippen LogP contribution in [0.4, 0.5) is 5.95 Å². The summed E-state index contributed by atoms with van der Waals surface area (Å²) in [4.78, 5) is 25.6. The van der Waals surface area contributed by atoms with Crippen LogP contribution >= 0.6 is 0 Å². The Kier molecular flexibility index (Phi) is 8.79. The van der Waals surface area contributed by atoms with Crippen LogP contribution in [0.25, 0.3) is 11.2 Å². The van der Waals surface area contributed by atoms with Crippen molar-refractivity contribution in [3.8, 4) is 11.5 Å². The SMILES string of the molecule is COc1ccc(C(OC[C@H]2O[C@H](n3nnc4c(=O)[nH]c(N=CN(C)C)nc43)C[C@@H]2O)(c2ccccc2)c2ccc(OC)cc2)cc1. The number of benzene rings is 3.